The molecule has 0 radical (unpaired) electrons. The molecule has 3 aromatic rings. The number of hydrogen-bond donors (Lipinski definition) is 1. The molecule has 3 rings (SSSR count). The topological polar surface area (TPSA) is 45.8 Å². The van der Waals surface area contributed by atoms with Gasteiger partial charge in [-0.05, 0) is 29.3 Å². The van der Waals surface area contributed by atoms with Crippen molar-refractivity contribution in [3.63, 3.8) is 0 Å². The number of hydrogen-bond acceptors (Lipinski definition) is 2. The van der Waals surface area contributed by atoms with Gasteiger partial charge in [0.25, 0.3) is 0 Å². The Morgan fingerprint density at radius 2 is 1.88 bits per heavy atom. The molecule has 1 aromatic carbocycles. The maximum Gasteiger partial charge on any atom is 0.247 e. The van der Waals surface area contributed by atoms with Crippen LogP contribution in [0.5, 0.6) is 0 Å². The largest absolute Gasteiger partial charge is 0.328 e. The molecule has 0 atom stereocenters. The normalized spacial score (nSPS) is 10.6. The molecule has 3 nitrogen and oxygen atoms in total. The number of benzene rings is 1. The zero-order chi connectivity index (χ0) is 11.7. The van der Waals surface area contributed by atoms with E-state index in [1.807, 2.05) is 36.4 Å². The summed E-state index contributed by atoms with van der Waals surface area (Å²) in [6.07, 6.45) is 3.51. The van der Waals surface area contributed by atoms with E-state index in [9.17, 15) is 4.79 Å². The Morgan fingerprint density at radius 1 is 1.00 bits per heavy atom. The van der Waals surface area contributed by atoms with Crippen LogP contribution in [0.3, 0.4) is 0 Å². The van der Waals surface area contributed by atoms with Crippen LogP contribution in [0.25, 0.3) is 22.0 Å². The lowest BCUT2D eigenvalue weighted by Gasteiger charge is -2.05. The average Bonchev–Trinajstić information content (AvgIpc) is 2.39. The van der Waals surface area contributed by atoms with E-state index in [0.717, 1.165) is 22.0 Å². The fourth-order valence-corrected chi connectivity index (χ4v) is 1.93. The van der Waals surface area contributed by atoms with Crippen molar-refractivity contribution in [3.8, 4) is 11.1 Å². The summed E-state index contributed by atoms with van der Waals surface area (Å²) in [4.78, 5) is 18.0. The van der Waals surface area contributed by atoms with E-state index < -0.39 is 0 Å². The van der Waals surface area contributed by atoms with E-state index >= 15 is 0 Å². The summed E-state index contributed by atoms with van der Waals surface area (Å²) in [5, 5.41) is 1.09. The monoisotopic (exact) mass is 222 g/mol. The summed E-state index contributed by atoms with van der Waals surface area (Å²) >= 11 is 0. The molecule has 17 heavy (non-hydrogen) atoms. The quantitative estimate of drug-likeness (QED) is 0.687. The van der Waals surface area contributed by atoms with Gasteiger partial charge in [-0.15, -0.1) is 0 Å². The zero-order valence-electron chi connectivity index (χ0n) is 9.05. The van der Waals surface area contributed by atoms with Gasteiger partial charge in [0.2, 0.25) is 5.56 Å². The Hall–Kier alpha value is -2.42. The number of H-pyrrole nitrogens is 1. The van der Waals surface area contributed by atoms with Gasteiger partial charge in [0.15, 0.2) is 0 Å². The highest BCUT2D eigenvalue weighted by Gasteiger charge is 2.03. The third kappa shape index (κ3) is 1.72. The lowest BCUT2D eigenvalue weighted by molar-refractivity contribution is 1.24. The number of para-hydroxylation sites is 1. The molecule has 0 unspecified atom stereocenters. The van der Waals surface area contributed by atoms with Gasteiger partial charge in [-0.3, -0.25) is 9.78 Å². The van der Waals surface area contributed by atoms with Crippen molar-refractivity contribution in [1.82, 2.24) is 9.97 Å². The third-order valence-corrected chi connectivity index (χ3v) is 2.74. The summed E-state index contributed by atoms with van der Waals surface area (Å²) in [6.45, 7) is 0. The van der Waals surface area contributed by atoms with Crippen molar-refractivity contribution < 1.29 is 0 Å². The Labute approximate surface area is 97.8 Å². The lowest BCUT2D eigenvalue weighted by atomic mass is 10.0. The van der Waals surface area contributed by atoms with Gasteiger partial charge in [-0.25, -0.2) is 0 Å². The van der Waals surface area contributed by atoms with Crippen molar-refractivity contribution >= 4 is 10.9 Å². The second-order valence-corrected chi connectivity index (χ2v) is 3.82. The molecule has 0 aliphatic rings. The van der Waals surface area contributed by atoms with E-state index in [1.54, 1.807) is 12.4 Å². The minimum Gasteiger partial charge on any atom is -0.328 e. The Morgan fingerprint density at radius 3 is 2.71 bits per heavy atom. The van der Waals surface area contributed by atoms with E-state index in [4.69, 9.17) is 0 Å². The van der Waals surface area contributed by atoms with Crippen molar-refractivity contribution in [1.29, 1.82) is 0 Å². The maximum atomic E-state index is 11.0. The second-order valence-electron chi connectivity index (χ2n) is 3.82. The van der Waals surface area contributed by atoms with E-state index in [-0.39, 0.29) is 5.56 Å². The second kappa shape index (κ2) is 3.87. The van der Waals surface area contributed by atoms with Crippen molar-refractivity contribution in [3.05, 3.63) is 65.2 Å². The third-order valence-electron chi connectivity index (χ3n) is 2.74. The smallest absolute Gasteiger partial charge is 0.247 e. The van der Waals surface area contributed by atoms with Gasteiger partial charge in [0, 0.05) is 23.8 Å². The van der Waals surface area contributed by atoms with E-state index in [2.05, 4.69) is 9.97 Å². The average molecular weight is 222 g/mol. The first-order valence-electron chi connectivity index (χ1n) is 5.37. The van der Waals surface area contributed by atoms with Crippen molar-refractivity contribution in [2.75, 3.05) is 0 Å². The van der Waals surface area contributed by atoms with Gasteiger partial charge in [0.05, 0.1) is 5.52 Å². The van der Waals surface area contributed by atoms with Gasteiger partial charge in [-0.2, -0.15) is 0 Å². The first-order chi connectivity index (χ1) is 8.34. The Kier molecular flexibility index (Phi) is 2.22. The standard InChI is InChI=1S/C14H10N2O/c17-14-6-5-10(9-16-14)11-7-8-15-13-4-2-1-3-12(11)13/h1-9H,(H,16,17). The molecule has 0 fully saturated rings. The summed E-state index contributed by atoms with van der Waals surface area (Å²) < 4.78 is 0. The minimum atomic E-state index is -0.0906. The van der Waals surface area contributed by atoms with Gasteiger partial charge in [-0.1, -0.05) is 18.2 Å². The minimum absolute atomic E-state index is 0.0906. The fourth-order valence-electron chi connectivity index (χ4n) is 1.93. The number of fused-ring (bicyclic) bond motifs is 1. The molecule has 2 heterocycles. The van der Waals surface area contributed by atoms with E-state index in [1.165, 1.54) is 6.07 Å². The predicted octanol–water partition coefficient (Wildman–Crippen LogP) is 2.59. The van der Waals surface area contributed by atoms with Gasteiger partial charge < -0.3 is 4.98 Å². The molecule has 0 spiro atoms. The highest BCUT2D eigenvalue weighted by Crippen LogP contribution is 2.25. The molecule has 0 aliphatic carbocycles. The van der Waals surface area contributed by atoms with E-state index in [0.29, 0.717) is 0 Å². The Bertz CT molecular complexity index is 706. The highest BCUT2D eigenvalue weighted by molar-refractivity contribution is 5.93. The summed E-state index contributed by atoms with van der Waals surface area (Å²) in [6, 6.07) is 13.3. The molecule has 0 amide bonds. The van der Waals surface area contributed by atoms with Crippen molar-refractivity contribution in [2.45, 2.75) is 0 Å². The van der Waals surface area contributed by atoms with Crippen LogP contribution in [0.15, 0.2) is 59.7 Å². The number of rotatable bonds is 1. The predicted molar refractivity (Wildman–Crippen MR) is 67.8 cm³/mol. The zero-order valence-corrected chi connectivity index (χ0v) is 9.05. The van der Waals surface area contributed by atoms with Crippen LogP contribution >= 0.6 is 0 Å². The summed E-state index contributed by atoms with van der Waals surface area (Å²) in [5.74, 6) is 0. The fraction of sp³-hybridized carbons (Fsp3) is 0. The first-order valence-corrected chi connectivity index (χ1v) is 5.37. The molecule has 0 aliphatic heterocycles. The van der Waals surface area contributed by atoms with Crippen molar-refractivity contribution in [2.24, 2.45) is 0 Å². The Balaban J connectivity index is 2.30. The molecular formula is C14H10N2O. The van der Waals surface area contributed by atoms with Crippen LogP contribution < -0.4 is 5.56 Å². The summed E-state index contributed by atoms with van der Waals surface area (Å²) in [7, 11) is 0. The van der Waals surface area contributed by atoms with Gasteiger partial charge in [0.1, 0.15) is 0 Å². The number of nitrogens with one attached hydrogen (secondary N) is 1. The molecule has 1 N–H and O–H groups in total. The molecule has 0 saturated carbocycles. The van der Waals surface area contributed by atoms with Crippen LogP contribution in [0.1, 0.15) is 0 Å². The molecule has 82 valence electrons. The SMILES string of the molecule is O=c1ccc(-c2ccnc3ccccc23)c[nH]1. The maximum absolute atomic E-state index is 11.0. The van der Waals surface area contributed by atoms with Crippen LogP contribution in [0.4, 0.5) is 0 Å². The molecule has 0 saturated heterocycles. The van der Waals surface area contributed by atoms with Crippen LogP contribution in [0, 0.1) is 0 Å². The van der Waals surface area contributed by atoms with Crippen LogP contribution in [0.2, 0.25) is 0 Å². The molecule has 0 bridgehead atoms. The number of aromatic nitrogens is 2. The van der Waals surface area contributed by atoms with Gasteiger partial charge >= 0.3 is 0 Å². The number of aromatic amines is 1. The number of nitrogens with zero attached hydrogens (tertiary/aromatic N) is 1. The highest BCUT2D eigenvalue weighted by atomic mass is 16.1. The summed E-state index contributed by atoms with van der Waals surface area (Å²) in [5.41, 5.74) is 2.93. The number of pyridine rings is 2. The van der Waals surface area contributed by atoms with Crippen LogP contribution in [-0.2, 0) is 0 Å². The lowest BCUT2D eigenvalue weighted by Crippen LogP contribution is -2.01. The first kappa shape index (κ1) is 9.78. The molecule has 3 heteroatoms. The molecular weight excluding hydrogens is 212 g/mol. The van der Waals surface area contributed by atoms with Crippen LogP contribution in [-0.4, -0.2) is 9.97 Å². The molecule has 2 aromatic heterocycles.